The number of carbonyl (C=O) groups excluding carboxylic acids is 1. The van der Waals surface area contributed by atoms with Gasteiger partial charge in [0.2, 0.25) is 5.91 Å². The van der Waals surface area contributed by atoms with Crippen molar-refractivity contribution in [2.24, 2.45) is 0 Å². The number of anilines is 1. The summed E-state index contributed by atoms with van der Waals surface area (Å²) in [6, 6.07) is 14.2. The van der Waals surface area contributed by atoms with Crippen molar-refractivity contribution in [3.63, 3.8) is 0 Å². The second kappa shape index (κ2) is 10.3. The Morgan fingerprint density at radius 2 is 1.97 bits per heavy atom. The summed E-state index contributed by atoms with van der Waals surface area (Å²) in [6.07, 6.45) is 3.36. The number of amides is 1. The van der Waals surface area contributed by atoms with E-state index in [1.165, 1.54) is 6.07 Å². The van der Waals surface area contributed by atoms with Gasteiger partial charge in [-0.2, -0.15) is 0 Å². The van der Waals surface area contributed by atoms with Crippen LogP contribution in [-0.2, 0) is 11.4 Å². The van der Waals surface area contributed by atoms with Crippen molar-refractivity contribution < 1.29 is 14.5 Å². The van der Waals surface area contributed by atoms with E-state index in [1.807, 2.05) is 42.6 Å². The summed E-state index contributed by atoms with van der Waals surface area (Å²) in [5.74, 6) is 0.666. The second-order valence-corrected chi connectivity index (χ2v) is 8.70. The minimum atomic E-state index is -0.395. The third-order valence-electron chi connectivity index (χ3n) is 5.33. The Bertz CT molecular complexity index is 1170. The third kappa shape index (κ3) is 5.95. The number of rotatable bonds is 7. The number of non-ortho nitro benzene ring substituents is 1. The number of benzene rings is 2. The van der Waals surface area contributed by atoms with Crippen LogP contribution in [0, 0.1) is 17.0 Å². The van der Waals surface area contributed by atoms with Gasteiger partial charge in [0.05, 0.1) is 15.6 Å². The predicted molar refractivity (Wildman–Crippen MR) is 129 cm³/mol. The van der Waals surface area contributed by atoms with Gasteiger partial charge in [-0.3, -0.25) is 14.9 Å². The molecular formula is C24H24N4O4S. The van der Waals surface area contributed by atoms with Crippen molar-refractivity contribution in [3.8, 4) is 5.75 Å². The number of hydrogen-bond acceptors (Lipinski definition) is 7. The summed E-state index contributed by atoms with van der Waals surface area (Å²) in [7, 11) is 0. The van der Waals surface area contributed by atoms with Crippen LogP contribution in [-0.4, -0.2) is 46.9 Å². The van der Waals surface area contributed by atoms with E-state index in [-0.39, 0.29) is 11.6 Å². The number of ether oxygens (including phenoxy) is 1. The zero-order valence-corrected chi connectivity index (χ0v) is 19.0. The van der Waals surface area contributed by atoms with Crippen LogP contribution in [0.1, 0.15) is 16.3 Å². The van der Waals surface area contributed by atoms with Crippen molar-refractivity contribution in [1.29, 1.82) is 0 Å². The van der Waals surface area contributed by atoms with Gasteiger partial charge in [0.15, 0.2) is 0 Å². The number of thiazole rings is 1. The summed E-state index contributed by atoms with van der Waals surface area (Å²) in [5, 5.41) is 14.0. The van der Waals surface area contributed by atoms with Crippen molar-refractivity contribution in [2.75, 3.05) is 31.1 Å². The van der Waals surface area contributed by atoms with E-state index in [1.54, 1.807) is 40.5 Å². The Morgan fingerprint density at radius 1 is 1.18 bits per heavy atom. The molecule has 1 amide bonds. The molecule has 0 N–H and O–H groups in total. The van der Waals surface area contributed by atoms with Crippen molar-refractivity contribution in [2.45, 2.75) is 13.5 Å². The van der Waals surface area contributed by atoms with Gasteiger partial charge in [-0.15, -0.1) is 11.3 Å². The third-order valence-corrected chi connectivity index (χ3v) is 6.15. The lowest BCUT2D eigenvalue weighted by atomic mass is 10.2. The molecule has 4 rings (SSSR count). The molecule has 0 radical (unpaired) electrons. The molecule has 1 saturated heterocycles. The normalized spacial score (nSPS) is 14.0. The Kier molecular flexibility index (Phi) is 6.99. The van der Waals surface area contributed by atoms with Crippen LogP contribution in [0.4, 0.5) is 11.4 Å². The van der Waals surface area contributed by atoms with Gasteiger partial charge in [-0.25, -0.2) is 4.98 Å². The van der Waals surface area contributed by atoms with Gasteiger partial charge in [0, 0.05) is 55.5 Å². The van der Waals surface area contributed by atoms with E-state index in [0.717, 1.165) is 27.7 Å². The van der Waals surface area contributed by atoms with E-state index < -0.39 is 4.92 Å². The fourth-order valence-corrected chi connectivity index (χ4v) is 4.20. The van der Waals surface area contributed by atoms with Crippen LogP contribution in [0.2, 0.25) is 0 Å². The summed E-state index contributed by atoms with van der Waals surface area (Å²) in [4.78, 5) is 31.5. The number of carbonyl (C=O) groups is 1. The molecule has 9 heteroatoms. The Morgan fingerprint density at radius 3 is 2.70 bits per heavy atom. The second-order valence-electron chi connectivity index (χ2n) is 7.64. The zero-order chi connectivity index (χ0) is 23.2. The average molecular weight is 465 g/mol. The van der Waals surface area contributed by atoms with Crippen LogP contribution in [0.3, 0.4) is 0 Å². The Balaban J connectivity index is 1.30. The highest BCUT2D eigenvalue weighted by molar-refractivity contribution is 7.09. The molecule has 0 bridgehead atoms. The number of aryl methyl sites for hydroxylation is 1. The van der Waals surface area contributed by atoms with Gasteiger partial charge < -0.3 is 14.5 Å². The van der Waals surface area contributed by atoms with E-state index in [4.69, 9.17) is 4.74 Å². The van der Waals surface area contributed by atoms with Gasteiger partial charge in [0.1, 0.15) is 12.4 Å². The zero-order valence-electron chi connectivity index (χ0n) is 18.2. The fourth-order valence-electron chi connectivity index (χ4n) is 3.60. The molecule has 1 fully saturated rings. The van der Waals surface area contributed by atoms with Crippen LogP contribution in [0.15, 0.2) is 60.0 Å². The number of nitro groups is 1. The topological polar surface area (TPSA) is 88.8 Å². The first-order chi connectivity index (χ1) is 16.0. The van der Waals surface area contributed by atoms with Gasteiger partial charge >= 0.3 is 0 Å². The lowest BCUT2D eigenvalue weighted by molar-refractivity contribution is -0.384. The summed E-state index contributed by atoms with van der Waals surface area (Å²) >= 11 is 1.59. The van der Waals surface area contributed by atoms with E-state index in [9.17, 15) is 14.9 Å². The number of piperazine rings is 1. The predicted octanol–water partition coefficient (Wildman–Crippen LogP) is 4.30. The van der Waals surface area contributed by atoms with E-state index in [0.29, 0.717) is 32.8 Å². The van der Waals surface area contributed by atoms with E-state index >= 15 is 0 Å². The quantitative estimate of drug-likeness (QED) is 0.294. The maximum Gasteiger partial charge on any atom is 0.271 e. The molecular weight excluding hydrogens is 440 g/mol. The molecule has 0 saturated carbocycles. The minimum Gasteiger partial charge on any atom is -0.487 e. The highest BCUT2D eigenvalue weighted by Gasteiger charge is 2.21. The molecule has 0 atom stereocenters. The highest BCUT2D eigenvalue weighted by atomic mass is 32.1. The molecule has 0 unspecified atom stereocenters. The maximum atomic E-state index is 12.6. The van der Waals surface area contributed by atoms with Gasteiger partial charge in [-0.05, 0) is 36.8 Å². The molecule has 1 aliphatic heterocycles. The van der Waals surface area contributed by atoms with Crippen LogP contribution < -0.4 is 9.64 Å². The lowest BCUT2D eigenvalue weighted by Crippen LogP contribution is -2.48. The standard InChI is InChI=1S/C24H24N4O4S/c1-18-25-20(17-33-18)16-32-23-7-2-4-19(14-23)8-9-24(29)27-12-10-26(11-13-27)21-5-3-6-22(15-21)28(30)31/h2-9,14-15,17H,10-13,16H2,1H3/b9-8+. The molecule has 1 aromatic heterocycles. The largest absolute Gasteiger partial charge is 0.487 e. The molecule has 2 heterocycles. The molecule has 1 aliphatic rings. The number of aromatic nitrogens is 1. The van der Waals surface area contributed by atoms with Gasteiger partial charge in [0.25, 0.3) is 5.69 Å². The first kappa shape index (κ1) is 22.5. The number of hydrogen-bond donors (Lipinski definition) is 0. The van der Waals surface area contributed by atoms with Crippen molar-refractivity contribution in [3.05, 3.63) is 86.4 Å². The molecule has 0 spiro atoms. The number of nitro benzene ring substituents is 1. The molecule has 170 valence electrons. The Labute approximate surface area is 195 Å². The minimum absolute atomic E-state index is 0.0574. The summed E-state index contributed by atoms with van der Waals surface area (Å²) < 4.78 is 5.81. The average Bonchev–Trinajstić information content (AvgIpc) is 3.26. The summed E-state index contributed by atoms with van der Waals surface area (Å²) in [6.45, 7) is 4.74. The lowest BCUT2D eigenvalue weighted by Gasteiger charge is -2.35. The Hall–Kier alpha value is -3.72. The van der Waals surface area contributed by atoms with Crippen molar-refractivity contribution in [1.82, 2.24) is 9.88 Å². The fraction of sp³-hybridized carbons (Fsp3) is 0.250. The molecule has 33 heavy (non-hydrogen) atoms. The summed E-state index contributed by atoms with van der Waals surface area (Å²) in [5.41, 5.74) is 2.65. The molecule has 0 aliphatic carbocycles. The van der Waals surface area contributed by atoms with Crippen LogP contribution in [0.25, 0.3) is 6.08 Å². The van der Waals surface area contributed by atoms with E-state index in [2.05, 4.69) is 9.88 Å². The smallest absolute Gasteiger partial charge is 0.271 e. The highest BCUT2D eigenvalue weighted by Crippen LogP contribution is 2.22. The number of nitrogens with zero attached hydrogens (tertiary/aromatic N) is 4. The van der Waals surface area contributed by atoms with Crippen molar-refractivity contribution >= 4 is 34.7 Å². The first-order valence-corrected chi connectivity index (χ1v) is 11.5. The van der Waals surface area contributed by atoms with Crippen LogP contribution >= 0.6 is 11.3 Å². The first-order valence-electron chi connectivity index (χ1n) is 10.6. The van der Waals surface area contributed by atoms with Crippen LogP contribution in [0.5, 0.6) is 5.75 Å². The molecule has 2 aromatic carbocycles. The monoisotopic (exact) mass is 464 g/mol. The maximum absolute atomic E-state index is 12.6. The van der Waals surface area contributed by atoms with Gasteiger partial charge in [-0.1, -0.05) is 18.2 Å². The molecule has 3 aromatic rings. The SMILES string of the molecule is Cc1nc(COc2cccc(/C=C/C(=O)N3CCN(c4cccc([N+](=O)[O-])c4)CC3)c2)cs1. The molecule has 8 nitrogen and oxygen atoms in total.